The Morgan fingerprint density at radius 1 is 1.29 bits per heavy atom. The lowest BCUT2D eigenvalue weighted by Crippen LogP contribution is -2.45. The van der Waals surface area contributed by atoms with Crippen molar-refractivity contribution in [2.45, 2.75) is 71.4 Å². The summed E-state index contributed by atoms with van der Waals surface area (Å²) in [6.45, 7) is 8.67. The van der Waals surface area contributed by atoms with Gasteiger partial charge in [-0.1, -0.05) is 27.7 Å². The standard InChI is InChI=1S/C15H25N3O6.2C2H6/c1-17(2)11(20)5-6-18(9-19)15-14(13(21)10(8-16)23-15)24-12-4-3-7-22-12;2*1-2/h5-6,9-10,12-15,21H,3-4,7-8,16H2,1-2H3;2*1-2H3/b6-5-;;. The maximum Gasteiger partial charge on any atom is 0.247 e. The third-order valence-electron chi connectivity index (χ3n) is 3.99. The second kappa shape index (κ2) is 14.5. The molecule has 0 spiro atoms. The first-order chi connectivity index (χ1) is 13.5. The average molecular weight is 404 g/mol. The Kier molecular flexibility index (Phi) is 13.7. The molecule has 9 nitrogen and oxygen atoms in total. The molecule has 2 rings (SSSR count). The molecule has 3 N–H and O–H groups in total. The molecule has 0 saturated carbocycles. The van der Waals surface area contributed by atoms with Gasteiger partial charge < -0.3 is 30.0 Å². The van der Waals surface area contributed by atoms with Crippen LogP contribution in [0.5, 0.6) is 0 Å². The molecule has 28 heavy (non-hydrogen) atoms. The molecule has 2 heterocycles. The van der Waals surface area contributed by atoms with Gasteiger partial charge in [0.25, 0.3) is 0 Å². The van der Waals surface area contributed by atoms with Crippen LogP contribution in [0.4, 0.5) is 0 Å². The maximum absolute atomic E-state index is 11.7. The number of likely N-dealkylation sites (N-methyl/N-ethyl adjacent to an activating group) is 1. The Labute approximate surface area is 168 Å². The smallest absolute Gasteiger partial charge is 0.247 e. The van der Waals surface area contributed by atoms with Gasteiger partial charge in [-0.3, -0.25) is 14.5 Å². The summed E-state index contributed by atoms with van der Waals surface area (Å²) < 4.78 is 16.9. The van der Waals surface area contributed by atoms with E-state index in [4.69, 9.17) is 19.9 Å². The number of aliphatic hydroxyl groups is 1. The van der Waals surface area contributed by atoms with Crippen LogP contribution >= 0.6 is 0 Å². The van der Waals surface area contributed by atoms with Crippen molar-refractivity contribution in [1.82, 2.24) is 9.80 Å². The quantitative estimate of drug-likeness (QED) is 0.474. The number of rotatable bonds is 7. The zero-order chi connectivity index (χ0) is 21.7. The first kappa shape index (κ1) is 26.5. The predicted molar refractivity (Wildman–Crippen MR) is 106 cm³/mol. The van der Waals surface area contributed by atoms with E-state index in [-0.39, 0.29) is 12.5 Å². The van der Waals surface area contributed by atoms with E-state index in [1.165, 1.54) is 17.2 Å². The number of aliphatic hydroxyl groups excluding tert-OH is 1. The van der Waals surface area contributed by atoms with Gasteiger partial charge in [-0.25, -0.2) is 0 Å². The number of carbonyl (C=O) groups is 2. The minimum Gasteiger partial charge on any atom is -0.387 e. The first-order valence-electron chi connectivity index (χ1n) is 9.90. The van der Waals surface area contributed by atoms with Gasteiger partial charge in [-0.05, 0) is 6.42 Å². The number of hydrogen-bond donors (Lipinski definition) is 2. The summed E-state index contributed by atoms with van der Waals surface area (Å²) in [7, 11) is 3.20. The normalized spacial score (nSPS) is 28.8. The fourth-order valence-corrected chi connectivity index (χ4v) is 2.61. The largest absolute Gasteiger partial charge is 0.387 e. The van der Waals surface area contributed by atoms with Crippen molar-refractivity contribution < 1.29 is 28.9 Å². The second-order valence-corrected chi connectivity index (χ2v) is 5.94. The van der Waals surface area contributed by atoms with Crippen LogP contribution in [0.3, 0.4) is 0 Å². The van der Waals surface area contributed by atoms with Crippen LogP contribution < -0.4 is 5.73 Å². The Bertz CT molecular complexity index is 469. The van der Waals surface area contributed by atoms with E-state index in [1.807, 2.05) is 27.7 Å². The Morgan fingerprint density at radius 3 is 2.39 bits per heavy atom. The van der Waals surface area contributed by atoms with Crippen LogP contribution in [0.25, 0.3) is 0 Å². The third kappa shape index (κ3) is 7.48. The molecule has 0 aromatic rings. The van der Waals surface area contributed by atoms with Crippen LogP contribution in [0.15, 0.2) is 12.3 Å². The maximum atomic E-state index is 11.7. The molecule has 0 bridgehead atoms. The zero-order valence-corrected chi connectivity index (χ0v) is 17.9. The van der Waals surface area contributed by atoms with Crippen molar-refractivity contribution in [3.63, 3.8) is 0 Å². The molecule has 5 atom stereocenters. The van der Waals surface area contributed by atoms with Gasteiger partial charge in [0.1, 0.15) is 18.3 Å². The lowest BCUT2D eigenvalue weighted by molar-refractivity contribution is -0.187. The van der Waals surface area contributed by atoms with Crippen LogP contribution in [0.1, 0.15) is 40.5 Å². The van der Waals surface area contributed by atoms with Crippen LogP contribution in [0, 0.1) is 0 Å². The predicted octanol–water partition coefficient (Wildman–Crippen LogP) is 0.665. The first-order valence-corrected chi connectivity index (χ1v) is 9.90. The summed E-state index contributed by atoms with van der Waals surface area (Å²) in [5.41, 5.74) is 5.60. The van der Waals surface area contributed by atoms with Crippen molar-refractivity contribution in [2.24, 2.45) is 5.73 Å². The highest BCUT2D eigenvalue weighted by molar-refractivity contribution is 5.87. The van der Waals surface area contributed by atoms with Gasteiger partial charge in [0.2, 0.25) is 12.3 Å². The minimum atomic E-state index is -0.996. The summed E-state index contributed by atoms with van der Waals surface area (Å²) >= 11 is 0. The van der Waals surface area contributed by atoms with Crippen LogP contribution in [-0.4, -0.2) is 85.3 Å². The Hall–Kier alpha value is -1.52. The molecule has 0 radical (unpaired) electrons. The van der Waals surface area contributed by atoms with Gasteiger partial charge in [0.15, 0.2) is 12.5 Å². The molecular formula is C19H37N3O6. The average Bonchev–Trinajstić information content (AvgIpc) is 3.34. The molecule has 0 aromatic heterocycles. The molecule has 2 fully saturated rings. The SMILES string of the molecule is CC.CC.CN(C)C(=O)/C=C\N(C=O)C1OC(CN)C(O)C1OC1CCCO1. The van der Waals surface area contributed by atoms with E-state index in [1.54, 1.807) is 14.1 Å². The molecular weight excluding hydrogens is 366 g/mol. The fraction of sp³-hybridized carbons (Fsp3) is 0.789. The van der Waals surface area contributed by atoms with E-state index < -0.39 is 30.8 Å². The molecule has 164 valence electrons. The lowest BCUT2D eigenvalue weighted by atomic mass is 10.1. The number of ether oxygens (including phenoxy) is 3. The molecule has 9 heteroatoms. The number of carbonyl (C=O) groups excluding carboxylic acids is 2. The number of amides is 2. The van der Waals surface area contributed by atoms with Gasteiger partial charge in [0.05, 0.1) is 0 Å². The van der Waals surface area contributed by atoms with Gasteiger partial charge >= 0.3 is 0 Å². The van der Waals surface area contributed by atoms with Crippen LogP contribution in [-0.2, 0) is 23.8 Å². The second-order valence-electron chi connectivity index (χ2n) is 5.94. The van der Waals surface area contributed by atoms with Crippen molar-refractivity contribution in [1.29, 1.82) is 0 Å². The minimum absolute atomic E-state index is 0.0795. The summed E-state index contributed by atoms with van der Waals surface area (Å²) in [4.78, 5) is 25.6. The highest BCUT2D eigenvalue weighted by atomic mass is 16.7. The lowest BCUT2D eigenvalue weighted by Gasteiger charge is -2.28. The van der Waals surface area contributed by atoms with E-state index in [0.717, 1.165) is 11.3 Å². The summed E-state index contributed by atoms with van der Waals surface area (Å²) in [5.74, 6) is -0.285. The molecule has 2 aliphatic rings. The van der Waals surface area contributed by atoms with Gasteiger partial charge in [-0.15, -0.1) is 0 Å². The van der Waals surface area contributed by atoms with Gasteiger partial charge in [-0.2, -0.15) is 0 Å². The topological polar surface area (TPSA) is 115 Å². The third-order valence-corrected chi connectivity index (χ3v) is 3.99. The fourth-order valence-electron chi connectivity index (χ4n) is 2.61. The number of hydrogen-bond acceptors (Lipinski definition) is 7. The molecule has 2 aliphatic heterocycles. The summed E-state index contributed by atoms with van der Waals surface area (Å²) in [6.07, 6.45) is 0.821. The zero-order valence-electron chi connectivity index (χ0n) is 17.9. The molecule has 5 unspecified atom stereocenters. The monoisotopic (exact) mass is 403 g/mol. The summed E-state index contributed by atoms with van der Waals surface area (Å²) in [6, 6.07) is 0. The molecule has 0 aliphatic carbocycles. The Balaban J connectivity index is 0.00000171. The molecule has 2 saturated heterocycles. The Morgan fingerprint density at radius 2 is 1.93 bits per heavy atom. The van der Waals surface area contributed by atoms with Crippen molar-refractivity contribution in [2.75, 3.05) is 27.2 Å². The van der Waals surface area contributed by atoms with Crippen molar-refractivity contribution >= 4 is 12.3 Å². The van der Waals surface area contributed by atoms with E-state index >= 15 is 0 Å². The highest BCUT2D eigenvalue weighted by Crippen LogP contribution is 2.29. The number of nitrogens with zero attached hydrogens (tertiary/aromatic N) is 2. The van der Waals surface area contributed by atoms with Crippen molar-refractivity contribution in [3.05, 3.63) is 12.3 Å². The summed E-state index contributed by atoms with van der Waals surface area (Å²) in [5, 5.41) is 10.4. The van der Waals surface area contributed by atoms with Gasteiger partial charge in [0, 0.05) is 45.9 Å². The van der Waals surface area contributed by atoms with E-state index in [2.05, 4.69) is 0 Å². The van der Waals surface area contributed by atoms with Crippen molar-refractivity contribution in [3.8, 4) is 0 Å². The highest BCUT2D eigenvalue weighted by Gasteiger charge is 2.47. The number of nitrogens with two attached hydrogens (primary N) is 1. The van der Waals surface area contributed by atoms with E-state index in [0.29, 0.717) is 19.4 Å². The van der Waals surface area contributed by atoms with Crippen LogP contribution in [0.2, 0.25) is 0 Å². The van der Waals surface area contributed by atoms with E-state index in [9.17, 15) is 14.7 Å². The molecule has 2 amide bonds. The molecule has 0 aromatic carbocycles.